The van der Waals surface area contributed by atoms with Crippen LogP contribution in [0, 0.1) is 0 Å². The fourth-order valence-electron chi connectivity index (χ4n) is 2.54. The van der Waals surface area contributed by atoms with E-state index in [1.54, 1.807) is 25.1 Å². The summed E-state index contributed by atoms with van der Waals surface area (Å²) in [5.41, 5.74) is 0.538. The summed E-state index contributed by atoms with van der Waals surface area (Å²) in [6.07, 6.45) is -4.45. The Morgan fingerprint density at radius 1 is 1.19 bits per heavy atom. The molecule has 0 saturated heterocycles. The molecule has 0 saturated carbocycles. The Kier molecular flexibility index (Phi) is 4.58. The van der Waals surface area contributed by atoms with Crippen LogP contribution in [0.3, 0.4) is 0 Å². The van der Waals surface area contributed by atoms with E-state index in [1.807, 2.05) is 0 Å². The highest BCUT2D eigenvalue weighted by Gasteiger charge is 2.30. The van der Waals surface area contributed by atoms with Crippen LogP contribution in [0.4, 0.5) is 18.9 Å². The van der Waals surface area contributed by atoms with Gasteiger partial charge in [0, 0.05) is 5.56 Å². The summed E-state index contributed by atoms with van der Waals surface area (Å²) in [6.45, 7) is 1.68. The quantitative estimate of drug-likeness (QED) is 0.876. The predicted octanol–water partition coefficient (Wildman–Crippen LogP) is 3.53. The van der Waals surface area contributed by atoms with Crippen molar-refractivity contribution in [3.05, 3.63) is 59.2 Å². The number of carbonyl (C=O) groups is 2. The van der Waals surface area contributed by atoms with E-state index in [1.165, 1.54) is 0 Å². The number of rotatable bonds is 3. The summed E-state index contributed by atoms with van der Waals surface area (Å²) in [6, 6.07) is 8.69. The molecule has 5 nitrogen and oxygen atoms in total. The number of alkyl halides is 3. The van der Waals surface area contributed by atoms with Crippen LogP contribution in [0.15, 0.2) is 42.5 Å². The van der Waals surface area contributed by atoms with Crippen molar-refractivity contribution >= 4 is 17.5 Å². The average Bonchev–Trinajstić information content (AvgIpc) is 2.60. The minimum atomic E-state index is -4.45. The van der Waals surface area contributed by atoms with E-state index in [0.29, 0.717) is 11.4 Å². The normalized spacial score (nSPS) is 14.7. The largest absolute Gasteiger partial charge is 0.482 e. The van der Waals surface area contributed by atoms with Gasteiger partial charge in [-0.25, -0.2) is 0 Å². The topological polar surface area (TPSA) is 67.4 Å². The third kappa shape index (κ3) is 3.79. The maximum atomic E-state index is 12.6. The molecule has 2 aromatic rings. The second kappa shape index (κ2) is 6.70. The molecular weight excluding hydrogens is 349 g/mol. The van der Waals surface area contributed by atoms with Crippen LogP contribution in [0.5, 0.6) is 5.75 Å². The molecule has 1 heterocycles. The van der Waals surface area contributed by atoms with Crippen LogP contribution in [0.25, 0.3) is 0 Å². The van der Waals surface area contributed by atoms with Gasteiger partial charge >= 0.3 is 6.18 Å². The fourth-order valence-corrected chi connectivity index (χ4v) is 2.54. The second-order valence-electron chi connectivity index (χ2n) is 5.86. The van der Waals surface area contributed by atoms with Crippen molar-refractivity contribution in [2.75, 3.05) is 11.9 Å². The fraction of sp³-hybridized carbons (Fsp3) is 0.222. The van der Waals surface area contributed by atoms with Crippen LogP contribution < -0.4 is 15.4 Å². The molecule has 1 atom stereocenters. The molecule has 3 rings (SSSR count). The second-order valence-corrected chi connectivity index (χ2v) is 5.86. The maximum Gasteiger partial charge on any atom is 0.416 e. The smallest absolute Gasteiger partial charge is 0.416 e. The lowest BCUT2D eigenvalue weighted by molar-refractivity contribution is -0.137. The van der Waals surface area contributed by atoms with E-state index in [2.05, 4.69) is 10.6 Å². The Labute approximate surface area is 147 Å². The van der Waals surface area contributed by atoms with Crippen molar-refractivity contribution in [2.45, 2.75) is 19.1 Å². The van der Waals surface area contributed by atoms with E-state index in [0.717, 1.165) is 29.8 Å². The molecule has 0 aliphatic carbocycles. The van der Waals surface area contributed by atoms with Gasteiger partial charge in [-0.2, -0.15) is 13.2 Å². The van der Waals surface area contributed by atoms with Gasteiger partial charge < -0.3 is 15.4 Å². The Balaban J connectivity index is 1.71. The van der Waals surface area contributed by atoms with Crippen molar-refractivity contribution < 1.29 is 27.5 Å². The first-order valence-corrected chi connectivity index (χ1v) is 7.79. The standard InChI is InChI=1S/C18H15F3N2O3/c1-10(12-4-7-15-14(8-12)23-16(24)9-26-15)22-17(25)11-2-5-13(6-3-11)18(19,20)21/h2-8,10H,9H2,1H3,(H,22,25)(H,23,24). The molecule has 136 valence electrons. The van der Waals surface area contributed by atoms with Gasteiger partial charge in [-0.05, 0) is 48.9 Å². The van der Waals surface area contributed by atoms with Gasteiger partial charge in [-0.15, -0.1) is 0 Å². The van der Waals surface area contributed by atoms with Gasteiger partial charge in [0.05, 0.1) is 17.3 Å². The van der Waals surface area contributed by atoms with E-state index in [9.17, 15) is 22.8 Å². The molecule has 2 aromatic carbocycles. The summed E-state index contributed by atoms with van der Waals surface area (Å²) < 4.78 is 43.0. The maximum absolute atomic E-state index is 12.6. The molecule has 1 unspecified atom stereocenters. The molecule has 0 aromatic heterocycles. The zero-order valence-electron chi connectivity index (χ0n) is 13.7. The SMILES string of the molecule is CC(NC(=O)c1ccc(C(F)(F)F)cc1)c1ccc2c(c1)NC(=O)CO2. The Hall–Kier alpha value is -3.03. The first kappa shape index (κ1) is 17.8. The number of hydrogen-bond acceptors (Lipinski definition) is 3. The van der Waals surface area contributed by atoms with E-state index < -0.39 is 23.7 Å². The highest BCUT2D eigenvalue weighted by atomic mass is 19.4. The summed E-state index contributed by atoms with van der Waals surface area (Å²) in [4.78, 5) is 23.6. The lowest BCUT2D eigenvalue weighted by Gasteiger charge is -2.21. The van der Waals surface area contributed by atoms with Gasteiger partial charge in [0.1, 0.15) is 5.75 Å². The van der Waals surface area contributed by atoms with Gasteiger partial charge in [0.2, 0.25) is 0 Å². The van der Waals surface area contributed by atoms with Crippen LogP contribution in [0.1, 0.15) is 34.5 Å². The van der Waals surface area contributed by atoms with E-state index in [-0.39, 0.29) is 18.1 Å². The predicted molar refractivity (Wildman–Crippen MR) is 87.9 cm³/mol. The van der Waals surface area contributed by atoms with Crippen molar-refractivity contribution in [3.8, 4) is 5.75 Å². The number of fused-ring (bicyclic) bond motifs is 1. The first-order chi connectivity index (χ1) is 12.2. The first-order valence-electron chi connectivity index (χ1n) is 7.79. The molecule has 1 aliphatic rings. The number of ether oxygens (including phenoxy) is 1. The van der Waals surface area contributed by atoms with Crippen LogP contribution in [-0.2, 0) is 11.0 Å². The third-order valence-corrected chi connectivity index (χ3v) is 3.96. The van der Waals surface area contributed by atoms with Crippen LogP contribution in [0.2, 0.25) is 0 Å². The van der Waals surface area contributed by atoms with Gasteiger partial charge in [0.15, 0.2) is 6.61 Å². The van der Waals surface area contributed by atoms with Crippen molar-refractivity contribution in [1.29, 1.82) is 0 Å². The van der Waals surface area contributed by atoms with Crippen LogP contribution >= 0.6 is 0 Å². The highest BCUT2D eigenvalue weighted by Crippen LogP contribution is 2.31. The molecule has 0 fully saturated rings. The Morgan fingerprint density at radius 2 is 1.88 bits per heavy atom. The minimum absolute atomic E-state index is 0.0491. The molecule has 8 heteroatoms. The average molecular weight is 364 g/mol. The summed E-state index contributed by atoms with van der Waals surface area (Å²) >= 11 is 0. The van der Waals surface area contributed by atoms with Crippen LogP contribution in [-0.4, -0.2) is 18.4 Å². The van der Waals surface area contributed by atoms with Gasteiger partial charge in [-0.3, -0.25) is 9.59 Å². The molecule has 1 aliphatic heterocycles. The number of carbonyl (C=O) groups excluding carboxylic acids is 2. The zero-order valence-corrected chi connectivity index (χ0v) is 13.7. The van der Waals surface area contributed by atoms with Crippen molar-refractivity contribution in [1.82, 2.24) is 5.32 Å². The number of benzene rings is 2. The van der Waals surface area contributed by atoms with Gasteiger partial charge in [-0.1, -0.05) is 6.07 Å². The Morgan fingerprint density at radius 3 is 2.54 bits per heavy atom. The summed E-state index contributed by atoms with van der Waals surface area (Å²) in [7, 11) is 0. The lowest BCUT2D eigenvalue weighted by Crippen LogP contribution is -2.28. The monoisotopic (exact) mass is 364 g/mol. The molecular formula is C18H15F3N2O3. The lowest BCUT2D eigenvalue weighted by atomic mass is 10.1. The molecule has 2 amide bonds. The van der Waals surface area contributed by atoms with Gasteiger partial charge in [0.25, 0.3) is 11.8 Å². The minimum Gasteiger partial charge on any atom is -0.482 e. The summed E-state index contributed by atoms with van der Waals surface area (Å²) in [5.74, 6) is -0.227. The third-order valence-electron chi connectivity index (χ3n) is 3.96. The Bertz CT molecular complexity index is 848. The highest BCUT2D eigenvalue weighted by molar-refractivity contribution is 5.96. The molecule has 2 N–H and O–H groups in total. The molecule has 0 radical (unpaired) electrons. The zero-order chi connectivity index (χ0) is 18.9. The number of hydrogen-bond donors (Lipinski definition) is 2. The number of nitrogens with one attached hydrogen (secondary N) is 2. The van der Waals surface area contributed by atoms with Crippen molar-refractivity contribution in [3.63, 3.8) is 0 Å². The van der Waals surface area contributed by atoms with Crippen molar-refractivity contribution in [2.24, 2.45) is 0 Å². The molecule has 0 spiro atoms. The molecule has 0 bridgehead atoms. The number of amides is 2. The summed E-state index contributed by atoms with van der Waals surface area (Å²) in [5, 5.41) is 5.39. The molecule has 26 heavy (non-hydrogen) atoms. The van der Waals surface area contributed by atoms with E-state index >= 15 is 0 Å². The number of halogens is 3. The number of anilines is 1. The van der Waals surface area contributed by atoms with E-state index in [4.69, 9.17) is 4.74 Å².